The first kappa shape index (κ1) is 9.27. The quantitative estimate of drug-likeness (QED) is 0.632. The van der Waals surface area contributed by atoms with Gasteiger partial charge >= 0.3 is 0 Å². The molecule has 0 radical (unpaired) electrons. The van der Waals surface area contributed by atoms with Crippen LogP contribution >= 0.6 is 27.3 Å². The smallest absolute Gasteiger partial charge is 0.0730 e. The average molecular weight is 233 g/mol. The Morgan fingerprint density at radius 3 is 2.09 bits per heavy atom. The van der Waals surface area contributed by atoms with E-state index in [1.807, 2.05) is 11.3 Å². The summed E-state index contributed by atoms with van der Waals surface area (Å²) in [6.45, 7) is 8.86. The molecule has 0 saturated carbocycles. The summed E-state index contributed by atoms with van der Waals surface area (Å²) in [6, 6.07) is 2.26. The summed E-state index contributed by atoms with van der Waals surface area (Å²) in [5.41, 5.74) is 1.64. The molecule has 0 bridgehead atoms. The third-order valence-corrected chi connectivity index (χ3v) is 4.16. The van der Waals surface area contributed by atoms with Crippen molar-refractivity contribution in [3.63, 3.8) is 0 Å². The molecule has 1 heterocycles. The molecule has 0 atom stereocenters. The van der Waals surface area contributed by atoms with E-state index in [-0.39, 0.29) is 0 Å². The molecule has 1 rings (SSSR count). The van der Waals surface area contributed by atoms with Crippen molar-refractivity contribution in [3.8, 4) is 0 Å². The first-order chi connectivity index (χ1) is 4.91. The molecule has 2 heteroatoms. The molecule has 0 fully saturated rings. The third kappa shape index (κ3) is 2.06. The first-order valence-electron chi connectivity index (χ1n) is 3.67. The Morgan fingerprint density at radius 1 is 1.36 bits per heavy atom. The highest BCUT2D eigenvalue weighted by molar-refractivity contribution is 9.11. The van der Waals surface area contributed by atoms with Gasteiger partial charge in [-0.2, -0.15) is 0 Å². The molecule has 0 N–H and O–H groups in total. The van der Waals surface area contributed by atoms with Gasteiger partial charge in [0, 0.05) is 4.88 Å². The van der Waals surface area contributed by atoms with Crippen molar-refractivity contribution in [1.29, 1.82) is 0 Å². The van der Waals surface area contributed by atoms with Gasteiger partial charge in [0.2, 0.25) is 0 Å². The van der Waals surface area contributed by atoms with Gasteiger partial charge in [-0.1, -0.05) is 20.8 Å². The lowest BCUT2D eigenvalue weighted by atomic mass is 9.94. The molecule has 0 aliphatic rings. The van der Waals surface area contributed by atoms with Gasteiger partial charge in [0.1, 0.15) is 0 Å². The van der Waals surface area contributed by atoms with Gasteiger partial charge < -0.3 is 0 Å². The van der Waals surface area contributed by atoms with Crippen molar-refractivity contribution < 1.29 is 0 Å². The summed E-state index contributed by atoms with van der Waals surface area (Å²) in [6.07, 6.45) is 0. The van der Waals surface area contributed by atoms with Gasteiger partial charge in [0.05, 0.1) is 3.79 Å². The summed E-state index contributed by atoms with van der Waals surface area (Å²) in [5, 5.41) is 0. The van der Waals surface area contributed by atoms with E-state index in [0.717, 1.165) is 0 Å². The molecule has 0 saturated heterocycles. The van der Waals surface area contributed by atoms with Gasteiger partial charge in [-0.3, -0.25) is 0 Å². The molecule has 0 aromatic carbocycles. The van der Waals surface area contributed by atoms with Crippen molar-refractivity contribution in [3.05, 3.63) is 20.3 Å². The lowest BCUT2D eigenvalue weighted by Gasteiger charge is -2.14. The lowest BCUT2D eigenvalue weighted by Crippen LogP contribution is -2.07. The Labute approximate surface area is 80.8 Å². The summed E-state index contributed by atoms with van der Waals surface area (Å²) in [4.78, 5) is 1.45. The van der Waals surface area contributed by atoms with Crippen LogP contribution in [0.5, 0.6) is 0 Å². The van der Waals surface area contributed by atoms with Crippen molar-refractivity contribution in [1.82, 2.24) is 0 Å². The zero-order chi connectivity index (χ0) is 8.65. The average Bonchev–Trinajstić information content (AvgIpc) is 2.11. The van der Waals surface area contributed by atoms with Crippen molar-refractivity contribution in [2.45, 2.75) is 33.1 Å². The monoisotopic (exact) mass is 232 g/mol. The van der Waals surface area contributed by atoms with E-state index in [9.17, 15) is 0 Å². The maximum Gasteiger partial charge on any atom is 0.0730 e. The van der Waals surface area contributed by atoms with Crippen LogP contribution in [0.25, 0.3) is 0 Å². The zero-order valence-electron chi connectivity index (χ0n) is 7.36. The zero-order valence-corrected chi connectivity index (χ0v) is 9.77. The number of aryl methyl sites for hydroxylation is 1. The van der Waals surface area contributed by atoms with Gasteiger partial charge in [0.15, 0.2) is 0 Å². The van der Waals surface area contributed by atoms with Gasteiger partial charge in [-0.15, -0.1) is 11.3 Å². The van der Waals surface area contributed by atoms with E-state index in [2.05, 4.69) is 49.7 Å². The first-order valence-corrected chi connectivity index (χ1v) is 5.28. The minimum Gasteiger partial charge on any atom is -0.132 e. The molecule has 0 aliphatic carbocycles. The number of thiophene rings is 1. The van der Waals surface area contributed by atoms with Crippen LogP contribution in [0, 0.1) is 6.92 Å². The van der Waals surface area contributed by atoms with Gasteiger partial charge in [0.25, 0.3) is 0 Å². The van der Waals surface area contributed by atoms with Crippen LogP contribution in [0.2, 0.25) is 0 Å². The second kappa shape index (κ2) is 2.91. The predicted octanol–water partition coefficient (Wildman–Crippen LogP) is 4.12. The van der Waals surface area contributed by atoms with E-state index in [4.69, 9.17) is 0 Å². The minimum absolute atomic E-state index is 0.293. The van der Waals surface area contributed by atoms with Gasteiger partial charge in [-0.05, 0) is 39.9 Å². The Hall–Kier alpha value is 0.180. The summed E-state index contributed by atoms with van der Waals surface area (Å²) in [7, 11) is 0. The van der Waals surface area contributed by atoms with Gasteiger partial charge in [-0.25, -0.2) is 0 Å². The second-order valence-corrected chi connectivity index (χ2v) is 6.19. The van der Waals surface area contributed by atoms with Crippen LogP contribution in [-0.2, 0) is 5.41 Å². The summed E-state index contributed by atoms with van der Waals surface area (Å²) < 4.78 is 1.27. The Balaban J connectivity index is 3.08. The molecular weight excluding hydrogens is 220 g/mol. The molecule has 0 unspecified atom stereocenters. The molecule has 0 nitrogen and oxygen atoms in total. The number of hydrogen-bond donors (Lipinski definition) is 0. The fourth-order valence-corrected chi connectivity index (χ4v) is 2.42. The number of rotatable bonds is 0. The van der Waals surface area contributed by atoms with Crippen LogP contribution in [0.4, 0.5) is 0 Å². The van der Waals surface area contributed by atoms with E-state index in [1.165, 1.54) is 14.2 Å². The Bertz CT molecular complexity index is 236. The SMILES string of the molecule is Cc1cc(C(C)(C)C)sc1Br. The lowest BCUT2D eigenvalue weighted by molar-refractivity contribution is 0.603. The maximum absolute atomic E-state index is 3.53. The minimum atomic E-state index is 0.293. The van der Waals surface area contributed by atoms with E-state index in [1.54, 1.807) is 0 Å². The standard InChI is InChI=1S/C9H13BrS/c1-6-5-7(9(2,3)4)11-8(6)10/h5H,1-4H3. The fourth-order valence-electron chi connectivity index (χ4n) is 0.829. The van der Waals surface area contributed by atoms with E-state index < -0.39 is 0 Å². The Kier molecular flexibility index (Phi) is 2.45. The van der Waals surface area contributed by atoms with E-state index in [0.29, 0.717) is 5.41 Å². The highest BCUT2D eigenvalue weighted by atomic mass is 79.9. The summed E-state index contributed by atoms with van der Waals surface area (Å²) >= 11 is 5.36. The maximum atomic E-state index is 3.53. The molecule has 0 amide bonds. The predicted molar refractivity (Wildman–Crippen MR) is 55.5 cm³/mol. The molecular formula is C9H13BrS. The molecule has 1 aromatic heterocycles. The van der Waals surface area contributed by atoms with Crippen molar-refractivity contribution >= 4 is 27.3 Å². The topological polar surface area (TPSA) is 0 Å². The number of hydrogen-bond acceptors (Lipinski definition) is 1. The second-order valence-electron chi connectivity index (χ2n) is 3.82. The van der Waals surface area contributed by atoms with Crippen LogP contribution < -0.4 is 0 Å². The molecule has 0 aliphatic heterocycles. The highest BCUT2D eigenvalue weighted by Gasteiger charge is 2.16. The van der Waals surface area contributed by atoms with Crippen molar-refractivity contribution in [2.24, 2.45) is 0 Å². The van der Waals surface area contributed by atoms with Crippen LogP contribution in [0.3, 0.4) is 0 Å². The highest BCUT2D eigenvalue weighted by Crippen LogP contribution is 2.34. The van der Waals surface area contributed by atoms with E-state index >= 15 is 0 Å². The van der Waals surface area contributed by atoms with Crippen LogP contribution in [0.15, 0.2) is 9.85 Å². The number of halogens is 1. The normalized spacial score (nSPS) is 12.1. The Morgan fingerprint density at radius 2 is 1.91 bits per heavy atom. The molecule has 0 spiro atoms. The molecule has 11 heavy (non-hydrogen) atoms. The third-order valence-electron chi connectivity index (χ3n) is 1.60. The molecule has 1 aromatic rings. The van der Waals surface area contributed by atoms with Crippen LogP contribution in [0.1, 0.15) is 31.2 Å². The fraction of sp³-hybridized carbons (Fsp3) is 0.556. The molecule has 62 valence electrons. The summed E-state index contributed by atoms with van der Waals surface area (Å²) in [5.74, 6) is 0. The largest absolute Gasteiger partial charge is 0.132 e. The van der Waals surface area contributed by atoms with Crippen molar-refractivity contribution in [2.75, 3.05) is 0 Å². The van der Waals surface area contributed by atoms with Crippen LogP contribution in [-0.4, -0.2) is 0 Å².